The Labute approximate surface area is 197 Å². The van der Waals surface area contributed by atoms with E-state index in [1.54, 1.807) is 29.1 Å². The normalized spacial score (nSPS) is 18.8. The number of aryl methyl sites for hydroxylation is 1. The molecule has 2 fully saturated rings. The van der Waals surface area contributed by atoms with Crippen molar-refractivity contribution < 1.29 is 19.1 Å². The maximum absolute atomic E-state index is 13.3. The Morgan fingerprint density at radius 1 is 1.12 bits per heavy atom. The number of piperidine rings is 1. The zero-order valence-corrected chi connectivity index (χ0v) is 19.8. The van der Waals surface area contributed by atoms with Gasteiger partial charge in [0.25, 0.3) is 5.91 Å². The van der Waals surface area contributed by atoms with Gasteiger partial charge in [0.05, 0.1) is 18.2 Å². The number of nitrogens with zero attached hydrogens (tertiary/aromatic N) is 5. The van der Waals surface area contributed by atoms with E-state index in [9.17, 15) is 14.4 Å². The van der Waals surface area contributed by atoms with Crippen molar-refractivity contribution in [3.8, 4) is 10.6 Å². The Hall–Kier alpha value is -3.01. The summed E-state index contributed by atoms with van der Waals surface area (Å²) in [6.45, 7) is 6.94. The van der Waals surface area contributed by atoms with Crippen LogP contribution in [0, 0.1) is 12.8 Å². The minimum Gasteiger partial charge on any atom is -0.450 e. The summed E-state index contributed by atoms with van der Waals surface area (Å²) in [4.78, 5) is 52.9. The summed E-state index contributed by atoms with van der Waals surface area (Å²) < 4.78 is 5.05. The maximum Gasteiger partial charge on any atom is 0.409 e. The molecule has 0 spiro atoms. The Bertz CT molecular complexity index is 1000. The molecule has 0 N–H and O–H groups in total. The standard InChI is InChI=1S/C23H29N5O4S/c1-3-32-23(31)27-12-10-26(11-13-27)21(29)18-7-5-9-28(15-18)22(30)19-16(2)25-20(33-19)17-6-4-8-24-14-17/h4,6,8,14,18H,3,5,7,9-13,15H2,1-2H3. The number of rotatable bonds is 4. The lowest BCUT2D eigenvalue weighted by atomic mass is 9.96. The lowest BCUT2D eigenvalue weighted by molar-refractivity contribution is -0.138. The van der Waals surface area contributed by atoms with Gasteiger partial charge in [0.15, 0.2) is 0 Å². The number of carbonyl (C=O) groups is 3. The van der Waals surface area contributed by atoms with E-state index in [4.69, 9.17) is 4.74 Å². The molecule has 10 heteroatoms. The molecule has 2 saturated heterocycles. The Morgan fingerprint density at radius 2 is 1.88 bits per heavy atom. The number of piperazine rings is 1. The SMILES string of the molecule is CCOC(=O)N1CCN(C(=O)C2CCCN(C(=O)c3sc(-c4cccnc4)nc3C)C2)CC1. The van der Waals surface area contributed by atoms with Crippen molar-refractivity contribution in [3.05, 3.63) is 35.1 Å². The fourth-order valence-corrected chi connectivity index (χ4v) is 5.32. The van der Waals surface area contributed by atoms with E-state index < -0.39 is 0 Å². The Kier molecular flexibility index (Phi) is 7.22. The summed E-state index contributed by atoms with van der Waals surface area (Å²) in [7, 11) is 0. The number of amides is 3. The van der Waals surface area contributed by atoms with Gasteiger partial charge in [-0.2, -0.15) is 0 Å². The Morgan fingerprint density at radius 3 is 2.58 bits per heavy atom. The monoisotopic (exact) mass is 471 g/mol. The van der Waals surface area contributed by atoms with Crippen LogP contribution in [0.15, 0.2) is 24.5 Å². The smallest absolute Gasteiger partial charge is 0.409 e. The second-order valence-electron chi connectivity index (χ2n) is 8.28. The van der Waals surface area contributed by atoms with Gasteiger partial charge < -0.3 is 19.4 Å². The average molecular weight is 472 g/mol. The molecule has 33 heavy (non-hydrogen) atoms. The van der Waals surface area contributed by atoms with Gasteiger partial charge in [0.2, 0.25) is 5.91 Å². The van der Waals surface area contributed by atoms with Crippen molar-refractivity contribution in [3.63, 3.8) is 0 Å². The highest BCUT2D eigenvalue weighted by Crippen LogP contribution is 2.30. The van der Waals surface area contributed by atoms with E-state index in [0.29, 0.717) is 56.4 Å². The third-order valence-corrected chi connectivity index (χ3v) is 7.27. The van der Waals surface area contributed by atoms with Gasteiger partial charge >= 0.3 is 6.09 Å². The van der Waals surface area contributed by atoms with Gasteiger partial charge in [-0.15, -0.1) is 11.3 Å². The first kappa shape index (κ1) is 23.2. The summed E-state index contributed by atoms with van der Waals surface area (Å²) >= 11 is 1.37. The molecule has 0 radical (unpaired) electrons. The molecule has 0 aromatic carbocycles. The minimum absolute atomic E-state index is 0.0630. The lowest BCUT2D eigenvalue weighted by Crippen LogP contribution is -2.54. The molecule has 2 aromatic heterocycles. The first-order valence-electron chi connectivity index (χ1n) is 11.4. The summed E-state index contributed by atoms with van der Waals surface area (Å²) in [6, 6.07) is 3.78. The van der Waals surface area contributed by atoms with Gasteiger partial charge in [0, 0.05) is 57.2 Å². The van der Waals surface area contributed by atoms with E-state index in [1.165, 1.54) is 11.3 Å². The number of hydrogen-bond donors (Lipinski definition) is 0. The van der Waals surface area contributed by atoms with Crippen molar-refractivity contribution in [2.75, 3.05) is 45.9 Å². The Balaban J connectivity index is 1.38. The van der Waals surface area contributed by atoms with Crippen molar-refractivity contribution in [2.24, 2.45) is 5.92 Å². The summed E-state index contributed by atoms with van der Waals surface area (Å²) in [6.07, 6.45) is 4.67. The summed E-state index contributed by atoms with van der Waals surface area (Å²) in [5.74, 6) is -0.222. The van der Waals surface area contributed by atoms with E-state index >= 15 is 0 Å². The highest BCUT2D eigenvalue weighted by molar-refractivity contribution is 7.17. The average Bonchev–Trinajstić information content (AvgIpc) is 3.25. The summed E-state index contributed by atoms with van der Waals surface area (Å²) in [5, 5.41) is 0.771. The predicted octanol–water partition coefficient (Wildman–Crippen LogP) is 2.67. The highest BCUT2D eigenvalue weighted by atomic mass is 32.1. The topological polar surface area (TPSA) is 95.9 Å². The molecule has 4 heterocycles. The second-order valence-corrected chi connectivity index (χ2v) is 9.28. The molecule has 3 amide bonds. The molecule has 2 aliphatic rings. The van der Waals surface area contributed by atoms with Crippen LogP contribution in [-0.4, -0.2) is 88.5 Å². The predicted molar refractivity (Wildman–Crippen MR) is 124 cm³/mol. The number of thiazole rings is 1. The number of aromatic nitrogens is 2. The van der Waals surface area contributed by atoms with Crippen LogP contribution in [0.2, 0.25) is 0 Å². The number of hydrogen-bond acceptors (Lipinski definition) is 7. The number of carbonyl (C=O) groups excluding carboxylic acids is 3. The van der Waals surface area contributed by atoms with Crippen LogP contribution >= 0.6 is 11.3 Å². The van der Waals surface area contributed by atoms with Gasteiger partial charge in [-0.25, -0.2) is 9.78 Å². The van der Waals surface area contributed by atoms with Gasteiger partial charge in [-0.05, 0) is 38.8 Å². The summed E-state index contributed by atoms with van der Waals surface area (Å²) in [5.41, 5.74) is 1.59. The van der Waals surface area contributed by atoms with Gasteiger partial charge in [-0.3, -0.25) is 14.6 Å². The minimum atomic E-state index is -0.329. The quantitative estimate of drug-likeness (QED) is 0.680. The van der Waals surface area contributed by atoms with Crippen LogP contribution in [0.5, 0.6) is 0 Å². The number of ether oxygens (including phenoxy) is 1. The zero-order chi connectivity index (χ0) is 23.4. The fourth-order valence-electron chi connectivity index (χ4n) is 4.30. The molecule has 1 unspecified atom stereocenters. The zero-order valence-electron chi connectivity index (χ0n) is 19.0. The highest BCUT2D eigenvalue weighted by Gasteiger charge is 2.34. The molecule has 1 atom stereocenters. The molecule has 9 nitrogen and oxygen atoms in total. The maximum atomic E-state index is 13.3. The van der Waals surface area contributed by atoms with Crippen molar-refractivity contribution in [1.29, 1.82) is 0 Å². The molecule has 0 saturated carbocycles. The number of pyridine rings is 1. The lowest BCUT2D eigenvalue weighted by Gasteiger charge is -2.38. The third kappa shape index (κ3) is 5.16. The van der Waals surface area contributed by atoms with Crippen molar-refractivity contribution >= 4 is 29.2 Å². The van der Waals surface area contributed by atoms with Crippen LogP contribution in [-0.2, 0) is 9.53 Å². The van der Waals surface area contributed by atoms with Crippen LogP contribution in [0.3, 0.4) is 0 Å². The van der Waals surface area contributed by atoms with Crippen LogP contribution in [0.1, 0.15) is 35.1 Å². The number of likely N-dealkylation sites (tertiary alicyclic amines) is 1. The van der Waals surface area contributed by atoms with Crippen LogP contribution in [0.25, 0.3) is 10.6 Å². The van der Waals surface area contributed by atoms with E-state index in [2.05, 4.69) is 9.97 Å². The van der Waals surface area contributed by atoms with Crippen molar-refractivity contribution in [1.82, 2.24) is 24.7 Å². The van der Waals surface area contributed by atoms with E-state index in [-0.39, 0.29) is 23.8 Å². The van der Waals surface area contributed by atoms with E-state index in [0.717, 1.165) is 23.4 Å². The van der Waals surface area contributed by atoms with Crippen molar-refractivity contribution in [2.45, 2.75) is 26.7 Å². The first-order chi connectivity index (χ1) is 16.0. The van der Waals surface area contributed by atoms with Gasteiger partial charge in [0.1, 0.15) is 9.88 Å². The third-order valence-electron chi connectivity index (χ3n) is 6.07. The van der Waals surface area contributed by atoms with Crippen LogP contribution in [0.4, 0.5) is 4.79 Å². The first-order valence-corrected chi connectivity index (χ1v) is 12.2. The molecule has 176 valence electrons. The molecule has 2 aromatic rings. The van der Waals surface area contributed by atoms with Gasteiger partial charge in [-0.1, -0.05) is 0 Å². The van der Waals surface area contributed by atoms with Crippen LogP contribution < -0.4 is 0 Å². The molecular weight excluding hydrogens is 442 g/mol. The molecule has 4 rings (SSSR count). The fraction of sp³-hybridized carbons (Fsp3) is 0.522. The largest absolute Gasteiger partial charge is 0.450 e. The second kappa shape index (κ2) is 10.3. The molecule has 0 aliphatic carbocycles. The van der Waals surface area contributed by atoms with E-state index in [1.807, 2.05) is 24.0 Å². The molecule has 2 aliphatic heterocycles. The molecule has 0 bridgehead atoms. The molecular formula is C23H29N5O4S.